The SMILES string of the molecule is CCCNC(CC1CCCC1)c1cnns1. The van der Waals surface area contributed by atoms with Crippen molar-refractivity contribution in [1.29, 1.82) is 0 Å². The van der Waals surface area contributed by atoms with E-state index in [0.717, 1.165) is 12.5 Å². The van der Waals surface area contributed by atoms with E-state index in [2.05, 4.69) is 21.8 Å². The standard InChI is InChI=1S/C12H21N3S/c1-2-7-13-11(12-9-14-15-16-12)8-10-5-3-4-6-10/h9-11,13H,2-8H2,1H3. The van der Waals surface area contributed by atoms with Gasteiger partial charge in [-0.25, -0.2) is 0 Å². The Morgan fingerprint density at radius 1 is 1.50 bits per heavy atom. The third-order valence-electron chi connectivity index (χ3n) is 3.41. The fourth-order valence-corrected chi connectivity index (χ4v) is 3.12. The van der Waals surface area contributed by atoms with Crippen LogP contribution in [0.25, 0.3) is 0 Å². The van der Waals surface area contributed by atoms with Gasteiger partial charge in [-0.15, -0.1) is 5.10 Å². The molecule has 0 amide bonds. The van der Waals surface area contributed by atoms with Crippen LogP contribution in [0.4, 0.5) is 0 Å². The molecule has 1 aromatic rings. The minimum atomic E-state index is 0.489. The number of aromatic nitrogens is 2. The molecule has 1 unspecified atom stereocenters. The molecule has 0 aromatic carbocycles. The van der Waals surface area contributed by atoms with Crippen molar-refractivity contribution in [3.63, 3.8) is 0 Å². The second-order valence-electron chi connectivity index (χ2n) is 4.71. The quantitative estimate of drug-likeness (QED) is 0.828. The Bertz CT molecular complexity index is 280. The summed E-state index contributed by atoms with van der Waals surface area (Å²) in [6.45, 7) is 3.31. The fraction of sp³-hybridized carbons (Fsp3) is 0.833. The summed E-state index contributed by atoms with van der Waals surface area (Å²) in [5, 5.41) is 7.58. The lowest BCUT2D eigenvalue weighted by atomic mass is 9.97. The Morgan fingerprint density at radius 2 is 2.31 bits per heavy atom. The molecule has 1 heterocycles. The van der Waals surface area contributed by atoms with Gasteiger partial charge in [-0.2, -0.15) is 0 Å². The maximum atomic E-state index is 3.98. The van der Waals surface area contributed by atoms with Gasteiger partial charge in [-0.1, -0.05) is 37.1 Å². The first kappa shape index (κ1) is 12.0. The van der Waals surface area contributed by atoms with Gasteiger partial charge in [0.25, 0.3) is 0 Å². The number of rotatable bonds is 6. The largest absolute Gasteiger partial charge is 0.309 e. The first-order chi connectivity index (χ1) is 7.90. The summed E-state index contributed by atoms with van der Waals surface area (Å²) in [7, 11) is 0. The topological polar surface area (TPSA) is 37.8 Å². The second-order valence-corrected chi connectivity index (χ2v) is 5.53. The molecule has 0 bridgehead atoms. The van der Waals surface area contributed by atoms with Crippen LogP contribution in [0.3, 0.4) is 0 Å². The summed E-state index contributed by atoms with van der Waals surface area (Å²) >= 11 is 1.54. The van der Waals surface area contributed by atoms with Gasteiger partial charge in [0.05, 0.1) is 11.1 Å². The van der Waals surface area contributed by atoms with E-state index in [-0.39, 0.29) is 0 Å². The first-order valence-corrected chi connectivity index (χ1v) is 7.18. The Labute approximate surface area is 102 Å². The summed E-state index contributed by atoms with van der Waals surface area (Å²) in [6, 6.07) is 0.489. The van der Waals surface area contributed by atoms with E-state index in [9.17, 15) is 0 Å². The fourth-order valence-electron chi connectivity index (χ4n) is 2.53. The van der Waals surface area contributed by atoms with Crippen LogP contribution >= 0.6 is 11.5 Å². The van der Waals surface area contributed by atoms with Crippen molar-refractivity contribution in [1.82, 2.24) is 14.9 Å². The zero-order valence-electron chi connectivity index (χ0n) is 9.98. The Morgan fingerprint density at radius 3 is 2.94 bits per heavy atom. The van der Waals surface area contributed by atoms with Crippen molar-refractivity contribution in [2.75, 3.05) is 6.54 Å². The van der Waals surface area contributed by atoms with E-state index < -0.39 is 0 Å². The predicted molar refractivity (Wildman–Crippen MR) is 67.5 cm³/mol. The number of hydrogen-bond acceptors (Lipinski definition) is 4. The molecule has 0 radical (unpaired) electrons. The lowest BCUT2D eigenvalue weighted by Gasteiger charge is -2.19. The minimum Gasteiger partial charge on any atom is -0.309 e. The zero-order chi connectivity index (χ0) is 11.2. The highest BCUT2D eigenvalue weighted by atomic mass is 32.1. The van der Waals surface area contributed by atoms with Crippen molar-refractivity contribution in [2.45, 2.75) is 51.5 Å². The molecule has 1 N–H and O–H groups in total. The van der Waals surface area contributed by atoms with E-state index in [4.69, 9.17) is 0 Å². The van der Waals surface area contributed by atoms with Crippen LogP contribution in [0.1, 0.15) is 56.4 Å². The summed E-state index contributed by atoms with van der Waals surface area (Å²) in [4.78, 5) is 1.31. The van der Waals surface area contributed by atoms with Gasteiger partial charge in [-0.05, 0) is 36.8 Å². The van der Waals surface area contributed by atoms with Crippen LogP contribution in [0.5, 0.6) is 0 Å². The molecule has 1 aliphatic carbocycles. The molecule has 4 heteroatoms. The summed E-state index contributed by atoms with van der Waals surface area (Å²) in [5.41, 5.74) is 0. The Kier molecular flexibility index (Phi) is 4.72. The molecule has 1 atom stereocenters. The molecule has 0 aliphatic heterocycles. The van der Waals surface area contributed by atoms with Gasteiger partial charge in [-0.3, -0.25) is 0 Å². The van der Waals surface area contributed by atoms with Crippen LogP contribution in [-0.4, -0.2) is 16.1 Å². The number of nitrogens with zero attached hydrogens (tertiary/aromatic N) is 2. The van der Waals surface area contributed by atoms with Gasteiger partial charge in [0, 0.05) is 6.04 Å². The molecular weight excluding hydrogens is 218 g/mol. The summed E-state index contributed by atoms with van der Waals surface area (Å²) in [6.07, 6.45) is 10.1. The average molecular weight is 239 g/mol. The van der Waals surface area contributed by atoms with Crippen molar-refractivity contribution >= 4 is 11.5 Å². The molecule has 0 saturated heterocycles. The highest BCUT2D eigenvalue weighted by Gasteiger charge is 2.22. The lowest BCUT2D eigenvalue weighted by Crippen LogP contribution is -2.23. The van der Waals surface area contributed by atoms with Crippen LogP contribution < -0.4 is 5.32 Å². The van der Waals surface area contributed by atoms with Crippen LogP contribution in [0.2, 0.25) is 0 Å². The Hall–Kier alpha value is -0.480. The molecule has 90 valence electrons. The van der Waals surface area contributed by atoms with E-state index in [0.29, 0.717) is 6.04 Å². The van der Waals surface area contributed by atoms with Crippen molar-refractivity contribution < 1.29 is 0 Å². The molecule has 1 aliphatic rings. The van der Waals surface area contributed by atoms with E-state index in [1.807, 2.05) is 6.20 Å². The second kappa shape index (κ2) is 6.30. The van der Waals surface area contributed by atoms with E-state index >= 15 is 0 Å². The molecular formula is C12H21N3S. The molecule has 1 fully saturated rings. The highest BCUT2D eigenvalue weighted by molar-refractivity contribution is 7.05. The van der Waals surface area contributed by atoms with Crippen molar-refractivity contribution in [3.8, 4) is 0 Å². The van der Waals surface area contributed by atoms with Gasteiger partial charge in [0.1, 0.15) is 0 Å². The zero-order valence-corrected chi connectivity index (χ0v) is 10.8. The summed E-state index contributed by atoms with van der Waals surface area (Å²) in [5.74, 6) is 0.913. The van der Waals surface area contributed by atoms with Crippen molar-refractivity contribution in [3.05, 3.63) is 11.1 Å². The third-order valence-corrected chi connectivity index (χ3v) is 4.18. The van der Waals surface area contributed by atoms with E-state index in [1.165, 1.54) is 43.4 Å². The maximum absolute atomic E-state index is 3.98. The molecule has 1 saturated carbocycles. The monoisotopic (exact) mass is 239 g/mol. The van der Waals surface area contributed by atoms with Crippen LogP contribution in [0, 0.1) is 5.92 Å². The molecule has 1 aromatic heterocycles. The third kappa shape index (κ3) is 3.25. The van der Waals surface area contributed by atoms with Crippen LogP contribution in [0.15, 0.2) is 6.20 Å². The predicted octanol–water partition coefficient (Wildman–Crippen LogP) is 3.16. The lowest BCUT2D eigenvalue weighted by molar-refractivity contribution is 0.399. The number of hydrogen-bond donors (Lipinski definition) is 1. The summed E-state index contributed by atoms with van der Waals surface area (Å²) < 4.78 is 3.98. The van der Waals surface area contributed by atoms with E-state index in [1.54, 1.807) is 11.5 Å². The smallest absolute Gasteiger partial charge is 0.0669 e. The molecule has 0 spiro atoms. The number of nitrogens with one attached hydrogen (secondary N) is 1. The van der Waals surface area contributed by atoms with Gasteiger partial charge in [0.2, 0.25) is 0 Å². The molecule has 16 heavy (non-hydrogen) atoms. The molecule has 2 rings (SSSR count). The minimum absolute atomic E-state index is 0.489. The van der Waals surface area contributed by atoms with Crippen LogP contribution in [-0.2, 0) is 0 Å². The Balaban J connectivity index is 1.91. The highest BCUT2D eigenvalue weighted by Crippen LogP contribution is 2.33. The first-order valence-electron chi connectivity index (χ1n) is 6.40. The van der Waals surface area contributed by atoms with Gasteiger partial charge < -0.3 is 5.32 Å². The normalized spacial score (nSPS) is 19.1. The van der Waals surface area contributed by atoms with Gasteiger partial charge >= 0.3 is 0 Å². The maximum Gasteiger partial charge on any atom is 0.0669 e. The van der Waals surface area contributed by atoms with Crippen molar-refractivity contribution in [2.24, 2.45) is 5.92 Å². The molecule has 3 nitrogen and oxygen atoms in total. The average Bonchev–Trinajstić information content (AvgIpc) is 2.96. The van der Waals surface area contributed by atoms with Gasteiger partial charge in [0.15, 0.2) is 0 Å².